The van der Waals surface area contributed by atoms with Gasteiger partial charge in [0.05, 0.1) is 0 Å². The van der Waals surface area contributed by atoms with Crippen molar-refractivity contribution in [1.82, 2.24) is 5.32 Å². The van der Waals surface area contributed by atoms with Crippen molar-refractivity contribution in [3.63, 3.8) is 0 Å². The largest absolute Gasteiger partial charge is 0.313 e. The second-order valence-corrected chi connectivity index (χ2v) is 7.14. The average Bonchev–Trinajstić information content (AvgIpc) is 3.01. The second kappa shape index (κ2) is 5.19. The molecule has 1 N–H and O–H groups in total. The van der Waals surface area contributed by atoms with Crippen LogP contribution in [-0.4, -0.2) is 12.6 Å². The molecule has 0 aromatic carbocycles. The minimum absolute atomic E-state index is 0.410. The highest BCUT2D eigenvalue weighted by molar-refractivity contribution is 9.10. The summed E-state index contributed by atoms with van der Waals surface area (Å²) < 4.78 is 1.22. The van der Waals surface area contributed by atoms with Crippen molar-refractivity contribution in [3.8, 4) is 0 Å². The van der Waals surface area contributed by atoms with Crippen molar-refractivity contribution >= 4 is 27.3 Å². The van der Waals surface area contributed by atoms with Crippen LogP contribution in [0, 0.1) is 5.41 Å². The summed E-state index contributed by atoms with van der Waals surface area (Å²) in [6.07, 6.45) is 5.19. The van der Waals surface area contributed by atoms with Crippen LogP contribution in [0.15, 0.2) is 15.9 Å². The maximum atomic E-state index is 3.67. The number of hydrogen-bond donors (Lipinski definition) is 1. The Morgan fingerprint density at radius 2 is 2.31 bits per heavy atom. The minimum Gasteiger partial charge on any atom is -0.313 e. The number of rotatable bonds is 6. The Bertz CT molecular complexity index is 345. The first-order valence-corrected chi connectivity index (χ1v) is 7.75. The lowest BCUT2D eigenvalue weighted by molar-refractivity contribution is 0.291. The molecule has 1 nitrogen and oxygen atoms in total. The predicted molar refractivity (Wildman–Crippen MR) is 75.1 cm³/mol. The van der Waals surface area contributed by atoms with Gasteiger partial charge in [0, 0.05) is 27.3 Å². The van der Waals surface area contributed by atoms with Gasteiger partial charge in [-0.1, -0.05) is 13.8 Å². The van der Waals surface area contributed by atoms with Crippen LogP contribution in [-0.2, 0) is 6.42 Å². The zero-order valence-corrected chi connectivity index (χ0v) is 12.5. The highest BCUT2D eigenvalue weighted by Gasteiger charge is 2.27. The summed E-state index contributed by atoms with van der Waals surface area (Å²) in [7, 11) is 0. The molecule has 1 heterocycles. The van der Waals surface area contributed by atoms with Crippen LogP contribution in [0.1, 0.15) is 38.0 Å². The van der Waals surface area contributed by atoms with Gasteiger partial charge in [0.25, 0.3) is 0 Å². The Morgan fingerprint density at radius 3 is 2.81 bits per heavy atom. The lowest BCUT2D eigenvalue weighted by atomic mass is 9.83. The number of hydrogen-bond acceptors (Lipinski definition) is 2. The normalized spacial score (nSPS) is 19.7. The average molecular weight is 302 g/mol. The second-order valence-electron chi connectivity index (χ2n) is 5.23. The van der Waals surface area contributed by atoms with Gasteiger partial charge < -0.3 is 5.32 Å². The van der Waals surface area contributed by atoms with E-state index in [1.54, 1.807) is 0 Å². The molecule has 1 unspecified atom stereocenters. The van der Waals surface area contributed by atoms with Crippen LogP contribution < -0.4 is 5.32 Å². The van der Waals surface area contributed by atoms with Crippen molar-refractivity contribution in [2.45, 2.75) is 45.6 Å². The molecule has 2 rings (SSSR count). The summed E-state index contributed by atoms with van der Waals surface area (Å²) in [4.78, 5) is 1.49. The van der Waals surface area contributed by atoms with E-state index in [1.165, 1.54) is 35.0 Å². The van der Waals surface area contributed by atoms with Crippen LogP contribution in [0.4, 0.5) is 0 Å². The minimum atomic E-state index is 0.410. The number of halogens is 1. The third-order valence-electron chi connectivity index (χ3n) is 3.47. The van der Waals surface area contributed by atoms with Gasteiger partial charge in [-0.2, -0.15) is 0 Å². The van der Waals surface area contributed by atoms with Crippen molar-refractivity contribution in [3.05, 3.63) is 20.8 Å². The monoisotopic (exact) mass is 301 g/mol. The molecule has 0 aliphatic heterocycles. The number of nitrogens with one attached hydrogen (secondary N) is 1. The van der Waals surface area contributed by atoms with Crippen LogP contribution in [0.2, 0.25) is 0 Å². The summed E-state index contributed by atoms with van der Waals surface area (Å²) in [6, 6.07) is 3.08. The van der Waals surface area contributed by atoms with Crippen LogP contribution >= 0.6 is 27.3 Å². The molecular formula is C13H20BrNS. The zero-order valence-electron chi connectivity index (χ0n) is 10.1. The van der Waals surface area contributed by atoms with Gasteiger partial charge in [-0.15, -0.1) is 11.3 Å². The maximum Gasteiger partial charge on any atom is 0.0285 e. The lowest BCUT2D eigenvalue weighted by Gasteiger charge is -2.28. The lowest BCUT2D eigenvalue weighted by Crippen LogP contribution is -2.34. The van der Waals surface area contributed by atoms with Gasteiger partial charge in [-0.3, -0.25) is 0 Å². The fourth-order valence-electron chi connectivity index (χ4n) is 1.86. The molecule has 0 amide bonds. The first kappa shape index (κ1) is 12.6. The third-order valence-corrected chi connectivity index (χ3v) is 5.17. The molecule has 0 saturated heterocycles. The highest BCUT2D eigenvalue weighted by Crippen LogP contribution is 2.31. The summed E-state index contributed by atoms with van der Waals surface area (Å²) in [5, 5.41) is 5.85. The van der Waals surface area contributed by atoms with E-state index in [0.29, 0.717) is 5.41 Å². The number of thiophene rings is 1. The van der Waals surface area contributed by atoms with Gasteiger partial charge >= 0.3 is 0 Å². The van der Waals surface area contributed by atoms with E-state index < -0.39 is 0 Å². The van der Waals surface area contributed by atoms with E-state index in [1.807, 2.05) is 11.3 Å². The van der Waals surface area contributed by atoms with Gasteiger partial charge in [0.1, 0.15) is 0 Å². The van der Waals surface area contributed by atoms with E-state index in [9.17, 15) is 0 Å². The van der Waals surface area contributed by atoms with E-state index in [-0.39, 0.29) is 0 Å². The fraction of sp³-hybridized carbons (Fsp3) is 0.692. The highest BCUT2D eigenvalue weighted by atomic mass is 79.9. The smallest absolute Gasteiger partial charge is 0.0285 e. The Kier molecular flexibility index (Phi) is 4.09. The summed E-state index contributed by atoms with van der Waals surface area (Å²) in [6.45, 7) is 5.86. The molecule has 1 fully saturated rings. The quantitative estimate of drug-likeness (QED) is 0.829. The van der Waals surface area contributed by atoms with E-state index in [2.05, 4.69) is 46.5 Å². The molecule has 0 spiro atoms. The molecule has 1 aliphatic carbocycles. The Labute approximate surface area is 111 Å². The van der Waals surface area contributed by atoms with Crippen LogP contribution in [0.5, 0.6) is 0 Å². The van der Waals surface area contributed by atoms with Gasteiger partial charge in [0.15, 0.2) is 0 Å². The Balaban J connectivity index is 1.91. The fourth-order valence-corrected chi connectivity index (χ4v) is 3.52. The van der Waals surface area contributed by atoms with Crippen molar-refractivity contribution in [2.24, 2.45) is 5.41 Å². The molecule has 1 saturated carbocycles. The molecule has 0 radical (unpaired) electrons. The van der Waals surface area contributed by atoms with Crippen LogP contribution in [0.25, 0.3) is 0 Å². The van der Waals surface area contributed by atoms with Crippen LogP contribution in [0.3, 0.4) is 0 Å². The maximum absolute atomic E-state index is 3.67. The molecule has 1 aromatic heterocycles. The SMILES string of the molecule is CCC(C)(CNC1CC1)Cc1cc(Br)cs1. The van der Waals surface area contributed by atoms with Crippen molar-refractivity contribution in [2.75, 3.05) is 6.54 Å². The third kappa shape index (κ3) is 3.57. The van der Waals surface area contributed by atoms with Gasteiger partial charge in [-0.05, 0) is 53.1 Å². The summed E-state index contributed by atoms with van der Waals surface area (Å²) >= 11 is 5.40. The predicted octanol–water partition coefficient (Wildman–Crippen LogP) is 4.22. The standard InChI is InChI=1S/C13H20BrNS/c1-3-13(2,9-15-11-4-5-11)7-12-6-10(14)8-16-12/h6,8,11,15H,3-5,7,9H2,1-2H3. The molecule has 0 bridgehead atoms. The first-order valence-electron chi connectivity index (χ1n) is 6.07. The Morgan fingerprint density at radius 1 is 1.56 bits per heavy atom. The molecular weight excluding hydrogens is 282 g/mol. The molecule has 3 heteroatoms. The molecule has 16 heavy (non-hydrogen) atoms. The Hall–Kier alpha value is 0.140. The van der Waals surface area contributed by atoms with Gasteiger partial charge in [-0.25, -0.2) is 0 Å². The molecule has 1 atom stereocenters. The summed E-state index contributed by atoms with van der Waals surface area (Å²) in [5.74, 6) is 0. The summed E-state index contributed by atoms with van der Waals surface area (Å²) in [5.41, 5.74) is 0.410. The molecule has 90 valence electrons. The van der Waals surface area contributed by atoms with Gasteiger partial charge in [0.2, 0.25) is 0 Å². The molecule has 1 aliphatic rings. The van der Waals surface area contributed by atoms with E-state index in [0.717, 1.165) is 12.6 Å². The topological polar surface area (TPSA) is 12.0 Å². The van der Waals surface area contributed by atoms with Crippen molar-refractivity contribution < 1.29 is 0 Å². The van der Waals surface area contributed by atoms with E-state index >= 15 is 0 Å². The molecule has 1 aromatic rings. The van der Waals surface area contributed by atoms with Crippen molar-refractivity contribution in [1.29, 1.82) is 0 Å². The van der Waals surface area contributed by atoms with E-state index in [4.69, 9.17) is 0 Å². The zero-order chi connectivity index (χ0) is 11.6. The first-order chi connectivity index (χ1) is 7.61.